The molecule has 0 bridgehead atoms. The third-order valence-electron chi connectivity index (χ3n) is 5.19. The van der Waals surface area contributed by atoms with Crippen LogP contribution in [0.1, 0.15) is 39.5 Å². The van der Waals surface area contributed by atoms with Gasteiger partial charge in [-0.1, -0.05) is 25.1 Å². The minimum atomic E-state index is -4.10. The average Bonchev–Trinajstić information content (AvgIpc) is 2.76. The summed E-state index contributed by atoms with van der Waals surface area (Å²) < 4.78 is 30.3. The lowest BCUT2D eigenvalue weighted by Crippen LogP contribution is -2.38. The normalized spacial score (nSPS) is 21.1. The van der Waals surface area contributed by atoms with Gasteiger partial charge in [0.1, 0.15) is 23.6 Å². The van der Waals surface area contributed by atoms with Crippen LogP contribution in [0.2, 0.25) is 0 Å². The van der Waals surface area contributed by atoms with Gasteiger partial charge in [0.25, 0.3) is 5.69 Å². The first-order valence-corrected chi connectivity index (χ1v) is 12.1. The van der Waals surface area contributed by atoms with Crippen molar-refractivity contribution in [3.05, 3.63) is 64.7 Å². The van der Waals surface area contributed by atoms with Crippen LogP contribution < -0.4 is 14.1 Å². The lowest BCUT2D eigenvalue weighted by Gasteiger charge is -2.28. The summed E-state index contributed by atoms with van der Waals surface area (Å²) in [4.78, 5) is 22.9. The van der Waals surface area contributed by atoms with Gasteiger partial charge in [0, 0.05) is 12.1 Å². The first-order chi connectivity index (χ1) is 15.2. The van der Waals surface area contributed by atoms with Crippen molar-refractivity contribution in [1.29, 1.82) is 0 Å². The van der Waals surface area contributed by atoms with E-state index < -0.39 is 24.7 Å². The zero-order valence-corrected chi connectivity index (χ0v) is 18.9. The van der Waals surface area contributed by atoms with Gasteiger partial charge in [-0.25, -0.2) is 4.57 Å². The number of hydrogen-bond donors (Lipinski definition) is 1. The molecule has 0 heterocycles. The maximum absolute atomic E-state index is 13.5. The molecule has 2 aromatic rings. The minimum absolute atomic E-state index is 0.0872. The molecule has 0 aromatic heterocycles. The monoisotopic (exact) mass is 462 g/mol. The van der Waals surface area contributed by atoms with Crippen LogP contribution >= 0.6 is 7.75 Å². The first kappa shape index (κ1) is 23.8. The number of nitrogens with one attached hydrogen (secondary N) is 1. The maximum atomic E-state index is 13.5. The summed E-state index contributed by atoms with van der Waals surface area (Å²) >= 11 is 0. The van der Waals surface area contributed by atoms with E-state index in [1.807, 2.05) is 0 Å². The number of hydrogen-bond acceptors (Lipinski definition) is 7. The van der Waals surface area contributed by atoms with Gasteiger partial charge in [-0.2, -0.15) is 5.09 Å². The van der Waals surface area contributed by atoms with E-state index in [4.69, 9.17) is 13.8 Å². The van der Waals surface area contributed by atoms with Gasteiger partial charge in [-0.3, -0.25) is 14.9 Å². The lowest BCUT2D eigenvalue weighted by molar-refractivity contribution is -0.384. The van der Waals surface area contributed by atoms with Crippen LogP contribution in [0.5, 0.6) is 11.5 Å². The summed E-state index contributed by atoms with van der Waals surface area (Å²) in [6.07, 6.45) is 3.44. The van der Waals surface area contributed by atoms with Crippen molar-refractivity contribution in [3.63, 3.8) is 0 Å². The Labute approximate surface area is 186 Å². The minimum Gasteiger partial charge on any atom is -0.461 e. The van der Waals surface area contributed by atoms with Crippen LogP contribution in [0.25, 0.3) is 0 Å². The predicted molar refractivity (Wildman–Crippen MR) is 119 cm³/mol. The standard InChI is InChI=1S/C22H27N2O7P/c1-16-8-12-19(13-9-16)29-22(25)17(2)23-32(28,30-20-6-4-3-5-7-20)31-21-14-10-18(11-15-21)24(26)27/h3-7,10-11,14-17,19H,8-9,12-13H2,1-2H3,(H,23,28)/t16-,17-,19+,32?/m0/s1. The predicted octanol–water partition coefficient (Wildman–Crippen LogP) is 5.26. The van der Waals surface area contributed by atoms with Gasteiger partial charge in [0.05, 0.1) is 4.92 Å². The summed E-state index contributed by atoms with van der Waals surface area (Å²) in [5.74, 6) is 0.431. The smallest absolute Gasteiger partial charge is 0.461 e. The molecule has 1 aliphatic carbocycles. The first-order valence-electron chi connectivity index (χ1n) is 10.5. The number of para-hydroxylation sites is 1. The molecule has 0 saturated heterocycles. The molecule has 2 aromatic carbocycles. The Morgan fingerprint density at radius 3 is 2.16 bits per heavy atom. The highest BCUT2D eigenvalue weighted by Crippen LogP contribution is 2.45. The quantitative estimate of drug-likeness (QED) is 0.232. The van der Waals surface area contributed by atoms with Crippen LogP contribution in [0, 0.1) is 16.0 Å². The number of carbonyl (C=O) groups excluding carboxylic acids is 1. The highest BCUT2D eigenvalue weighted by molar-refractivity contribution is 7.52. The van der Waals surface area contributed by atoms with Crippen LogP contribution in [0.4, 0.5) is 5.69 Å². The van der Waals surface area contributed by atoms with E-state index in [1.54, 1.807) is 30.3 Å². The van der Waals surface area contributed by atoms with E-state index >= 15 is 0 Å². The van der Waals surface area contributed by atoms with Crippen molar-refractivity contribution in [2.24, 2.45) is 5.92 Å². The number of esters is 1. The van der Waals surface area contributed by atoms with Crippen molar-refractivity contribution in [3.8, 4) is 11.5 Å². The topological polar surface area (TPSA) is 117 Å². The lowest BCUT2D eigenvalue weighted by atomic mass is 9.89. The van der Waals surface area contributed by atoms with Crippen molar-refractivity contribution >= 4 is 19.4 Å². The molecule has 1 N–H and O–H groups in total. The van der Waals surface area contributed by atoms with Crippen molar-refractivity contribution in [2.75, 3.05) is 0 Å². The fourth-order valence-electron chi connectivity index (χ4n) is 3.36. The molecule has 10 heteroatoms. The van der Waals surface area contributed by atoms with E-state index in [-0.39, 0.29) is 23.3 Å². The average molecular weight is 462 g/mol. The molecular formula is C22H27N2O7P. The number of nitrogens with zero attached hydrogens (tertiary/aromatic N) is 1. The molecule has 0 spiro atoms. The number of non-ortho nitro benzene ring substituents is 1. The van der Waals surface area contributed by atoms with E-state index in [9.17, 15) is 19.5 Å². The van der Waals surface area contributed by atoms with Crippen LogP contribution in [0.15, 0.2) is 54.6 Å². The van der Waals surface area contributed by atoms with Gasteiger partial charge >= 0.3 is 13.7 Å². The Bertz CT molecular complexity index is 960. The number of benzene rings is 2. The molecule has 1 unspecified atom stereocenters. The second kappa shape index (κ2) is 10.6. The highest BCUT2D eigenvalue weighted by Gasteiger charge is 2.35. The third-order valence-corrected chi connectivity index (χ3v) is 6.80. The summed E-state index contributed by atoms with van der Waals surface area (Å²) in [5, 5.41) is 13.5. The number of carbonyl (C=O) groups is 1. The Morgan fingerprint density at radius 1 is 1.03 bits per heavy atom. The molecule has 1 aliphatic rings. The Balaban J connectivity index is 1.71. The summed E-state index contributed by atoms with van der Waals surface area (Å²) in [6.45, 7) is 3.70. The fraction of sp³-hybridized carbons (Fsp3) is 0.409. The molecule has 1 fully saturated rings. The number of ether oxygens (including phenoxy) is 1. The highest BCUT2D eigenvalue weighted by atomic mass is 31.2. The molecule has 0 radical (unpaired) electrons. The molecule has 1 saturated carbocycles. The summed E-state index contributed by atoms with van der Waals surface area (Å²) in [6, 6.07) is 12.5. The molecule has 0 aliphatic heterocycles. The molecule has 32 heavy (non-hydrogen) atoms. The SMILES string of the molecule is C[C@H](NP(=O)(Oc1ccccc1)Oc1ccc([N+](=O)[O-])cc1)C(=O)O[C@H]1CC[C@@H](C)CC1. The van der Waals surface area contributed by atoms with Crippen molar-refractivity contribution in [2.45, 2.75) is 51.7 Å². The zero-order valence-electron chi connectivity index (χ0n) is 18.0. The second-order valence-corrected chi connectivity index (χ2v) is 9.53. The van der Waals surface area contributed by atoms with E-state index in [0.717, 1.165) is 25.7 Å². The van der Waals surface area contributed by atoms with Gasteiger partial charge in [-0.15, -0.1) is 0 Å². The van der Waals surface area contributed by atoms with E-state index in [0.29, 0.717) is 5.92 Å². The molecule has 172 valence electrons. The summed E-state index contributed by atoms with van der Waals surface area (Å²) in [7, 11) is -4.10. The molecular weight excluding hydrogens is 435 g/mol. The van der Waals surface area contributed by atoms with Gasteiger partial charge in [-0.05, 0) is 62.8 Å². The van der Waals surface area contributed by atoms with Crippen LogP contribution in [-0.2, 0) is 14.1 Å². The Hall–Kier alpha value is -2.90. The molecule has 2 atom stereocenters. The van der Waals surface area contributed by atoms with Gasteiger partial charge in [0.15, 0.2) is 0 Å². The van der Waals surface area contributed by atoms with Crippen molar-refractivity contribution < 1.29 is 28.1 Å². The second-order valence-electron chi connectivity index (χ2n) is 7.91. The van der Waals surface area contributed by atoms with Crippen LogP contribution in [-0.4, -0.2) is 23.0 Å². The molecule has 0 amide bonds. The number of nitro benzene ring substituents is 1. The number of rotatable bonds is 9. The zero-order chi connectivity index (χ0) is 23.1. The van der Waals surface area contributed by atoms with Gasteiger partial charge < -0.3 is 13.8 Å². The number of nitro groups is 1. The third kappa shape index (κ3) is 6.80. The molecule has 9 nitrogen and oxygen atoms in total. The Kier molecular flexibility index (Phi) is 7.88. The molecule has 3 rings (SSSR count). The Morgan fingerprint density at radius 2 is 1.59 bits per heavy atom. The largest absolute Gasteiger partial charge is 0.513 e. The van der Waals surface area contributed by atoms with E-state index in [1.165, 1.54) is 31.2 Å². The fourth-order valence-corrected chi connectivity index (χ4v) is 4.88. The van der Waals surface area contributed by atoms with Crippen LogP contribution in [0.3, 0.4) is 0 Å². The maximum Gasteiger partial charge on any atom is 0.513 e. The van der Waals surface area contributed by atoms with E-state index in [2.05, 4.69) is 12.0 Å². The summed E-state index contributed by atoms with van der Waals surface area (Å²) in [5.41, 5.74) is -0.136. The van der Waals surface area contributed by atoms with Crippen molar-refractivity contribution in [1.82, 2.24) is 5.09 Å². The van der Waals surface area contributed by atoms with Gasteiger partial charge in [0.2, 0.25) is 0 Å².